The van der Waals surface area contributed by atoms with Gasteiger partial charge in [-0.2, -0.15) is 0 Å². The van der Waals surface area contributed by atoms with Crippen molar-refractivity contribution < 1.29 is 18.5 Å². The number of nitro benzene ring substituents is 1. The molecule has 0 aliphatic rings. The van der Waals surface area contributed by atoms with Gasteiger partial charge in [0.25, 0.3) is 5.69 Å². The Morgan fingerprint density at radius 1 is 0.697 bits per heavy atom. The van der Waals surface area contributed by atoms with Gasteiger partial charge in [0.1, 0.15) is 11.5 Å². The molecule has 1 atom stereocenters. The number of nitro groups is 1. The van der Waals surface area contributed by atoms with Gasteiger partial charge in [0.2, 0.25) is 0 Å². The monoisotopic (exact) mass is 460 g/mol. The molecule has 166 valence electrons. The molecular formula is C25H21N2O5P. The Bertz CT molecular complexity index is 1190. The van der Waals surface area contributed by atoms with Crippen LogP contribution >= 0.6 is 7.60 Å². The lowest BCUT2D eigenvalue weighted by molar-refractivity contribution is -0.384. The van der Waals surface area contributed by atoms with Crippen molar-refractivity contribution in [3.63, 3.8) is 0 Å². The molecule has 0 aliphatic heterocycles. The lowest BCUT2D eigenvalue weighted by Crippen LogP contribution is -2.18. The first-order valence-electron chi connectivity index (χ1n) is 10.2. The van der Waals surface area contributed by atoms with Crippen molar-refractivity contribution in [3.8, 4) is 11.5 Å². The molecule has 7 nitrogen and oxygen atoms in total. The van der Waals surface area contributed by atoms with Crippen LogP contribution in [-0.2, 0) is 4.57 Å². The first-order valence-corrected chi connectivity index (χ1v) is 11.8. The van der Waals surface area contributed by atoms with Gasteiger partial charge in [-0.05, 0) is 42.0 Å². The topological polar surface area (TPSA) is 90.7 Å². The van der Waals surface area contributed by atoms with Crippen LogP contribution in [0, 0.1) is 10.1 Å². The van der Waals surface area contributed by atoms with Gasteiger partial charge in [-0.15, -0.1) is 0 Å². The molecule has 0 radical (unpaired) electrons. The molecule has 0 saturated carbocycles. The molecular weight excluding hydrogens is 439 g/mol. The van der Waals surface area contributed by atoms with Crippen molar-refractivity contribution in [1.29, 1.82) is 0 Å². The normalized spacial score (nSPS) is 11.9. The van der Waals surface area contributed by atoms with Gasteiger partial charge < -0.3 is 14.4 Å². The van der Waals surface area contributed by atoms with Gasteiger partial charge in [-0.1, -0.05) is 66.7 Å². The maximum Gasteiger partial charge on any atom is 0.457 e. The van der Waals surface area contributed by atoms with Gasteiger partial charge in [0.05, 0.1) is 4.92 Å². The van der Waals surface area contributed by atoms with Crippen molar-refractivity contribution in [3.05, 3.63) is 131 Å². The van der Waals surface area contributed by atoms with Crippen molar-refractivity contribution in [2.75, 3.05) is 5.32 Å². The fourth-order valence-corrected chi connectivity index (χ4v) is 5.12. The van der Waals surface area contributed by atoms with E-state index in [9.17, 15) is 14.7 Å². The fourth-order valence-electron chi connectivity index (χ4n) is 3.20. The Labute approximate surface area is 191 Å². The van der Waals surface area contributed by atoms with E-state index in [-0.39, 0.29) is 5.69 Å². The first kappa shape index (κ1) is 22.1. The summed E-state index contributed by atoms with van der Waals surface area (Å²) >= 11 is 0. The first-order chi connectivity index (χ1) is 16.0. The van der Waals surface area contributed by atoms with Crippen molar-refractivity contribution >= 4 is 19.0 Å². The van der Waals surface area contributed by atoms with Crippen LogP contribution in [0.1, 0.15) is 11.3 Å². The number of hydrogen-bond donors (Lipinski definition) is 1. The van der Waals surface area contributed by atoms with E-state index in [0.29, 0.717) is 22.7 Å². The summed E-state index contributed by atoms with van der Waals surface area (Å²) in [5, 5.41) is 14.2. The summed E-state index contributed by atoms with van der Waals surface area (Å²) in [4.78, 5) is 10.6. The average molecular weight is 460 g/mol. The number of nitrogens with zero attached hydrogens (tertiary/aromatic N) is 1. The average Bonchev–Trinajstić information content (AvgIpc) is 2.84. The molecule has 1 unspecified atom stereocenters. The van der Waals surface area contributed by atoms with E-state index in [0.717, 1.165) is 0 Å². The van der Waals surface area contributed by atoms with Gasteiger partial charge in [0, 0.05) is 17.8 Å². The Hall–Kier alpha value is -4.09. The highest BCUT2D eigenvalue weighted by Gasteiger charge is 2.41. The zero-order chi connectivity index (χ0) is 23.1. The highest BCUT2D eigenvalue weighted by Crippen LogP contribution is 2.60. The molecule has 4 rings (SSSR count). The molecule has 0 saturated heterocycles. The van der Waals surface area contributed by atoms with Crippen molar-refractivity contribution in [2.24, 2.45) is 0 Å². The van der Waals surface area contributed by atoms with Gasteiger partial charge in [0.15, 0.2) is 5.78 Å². The maximum atomic E-state index is 14.4. The molecule has 0 spiro atoms. The summed E-state index contributed by atoms with van der Waals surface area (Å²) in [6.07, 6.45) is 0. The van der Waals surface area contributed by atoms with Crippen LogP contribution in [0.4, 0.5) is 11.4 Å². The second-order valence-corrected chi connectivity index (χ2v) is 9.07. The SMILES string of the molecule is O=[N+]([O-])c1ccc(NC(c2ccccc2)P(=O)(Oc2ccccc2)Oc2ccccc2)cc1. The number of hydrogen-bond acceptors (Lipinski definition) is 6. The summed E-state index contributed by atoms with van der Waals surface area (Å²) in [6.45, 7) is 0. The Morgan fingerprint density at radius 3 is 1.61 bits per heavy atom. The Balaban J connectivity index is 1.76. The minimum atomic E-state index is -3.94. The second-order valence-electron chi connectivity index (χ2n) is 7.11. The Kier molecular flexibility index (Phi) is 6.72. The lowest BCUT2D eigenvalue weighted by atomic mass is 10.2. The maximum absolute atomic E-state index is 14.4. The zero-order valence-corrected chi connectivity index (χ0v) is 18.4. The molecule has 0 fully saturated rings. The third-order valence-corrected chi connectivity index (χ3v) is 6.76. The van der Waals surface area contributed by atoms with E-state index in [2.05, 4.69) is 5.32 Å². The summed E-state index contributed by atoms with van der Waals surface area (Å²) in [6, 6.07) is 32.6. The van der Waals surface area contributed by atoms with Gasteiger partial charge in [-0.25, -0.2) is 4.57 Å². The van der Waals surface area contributed by atoms with Crippen LogP contribution in [0.2, 0.25) is 0 Å². The van der Waals surface area contributed by atoms with Crippen LogP contribution in [0.15, 0.2) is 115 Å². The van der Waals surface area contributed by atoms with E-state index in [1.165, 1.54) is 12.1 Å². The molecule has 0 amide bonds. The van der Waals surface area contributed by atoms with E-state index in [4.69, 9.17) is 9.05 Å². The number of anilines is 1. The number of nitrogens with one attached hydrogen (secondary N) is 1. The molecule has 0 bridgehead atoms. The molecule has 4 aromatic carbocycles. The number of benzene rings is 4. The predicted molar refractivity (Wildman–Crippen MR) is 128 cm³/mol. The summed E-state index contributed by atoms with van der Waals surface area (Å²) in [5.41, 5.74) is 1.16. The standard InChI is InChI=1S/C25H21N2O5P/c28-27(29)22-18-16-21(17-19-22)26-25(20-10-4-1-5-11-20)33(30,31-23-12-6-2-7-13-23)32-24-14-8-3-9-15-24/h1-19,25-26H. The molecule has 0 heterocycles. The van der Waals surface area contributed by atoms with E-state index in [1.807, 2.05) is 42.5 Å². The molecule has 0 aliphatic carbocycles. The van der Waals surface area contributed by atoms with Crippen LogP contribution in [0.3, 0.4) is 0 Å². The van der Waals surface area contributed by atoms with Crippen LogP contribution in [-0.4, -0.2) is 4.92 Å². The third-order valence-electron chi connectivity index (χ3n) is 4.76. The fraction of sp³-hybridized carbons (Fsp3) is 0.0400. The number of non-ortho nitro benzene ring substituents is 1. The van der Waals surface area contributed by atoms with E-state index >= 15 is 0 Å². The van der Waals surface area contributed by atoms with Gasteiger partial charge >= 0.3 is 7.60 Å². The smallest absolute Gasteiger partial charge is 0.414 e. The van der Waals surface area contributed by atoms with Gasteiger partial charge in [-0.3, -0.25) is 10.1 Å². The molecule has 0 aromatic heterocycles. The lowest BCUT2D eigenvalue weighted by Gasteiger charge is -2.29. The molecule has 8 heteroatoms. The Morgan fingerprint density at radius 2 is 1.15 bits per heavy atom. The molecule has 1 N–H and O–H groups in total. The van der Waals surface area contributed by atoms with Crippen molar-refractivity contribution in [1.82, 2.24) is 0 Å². The summed E-state index contributed by atoms with van der Waals surface area (Å²) in [7, 11) is -3.94. The molecule has 33 heavy (non-hydrogen) atoms. The predicted octanol–water partition coefficient (Wildman–Crippen LogP) is 7.06. The second kappa shape index (κ2) is 10.0. The van der Waals surface area contributed by atoms with Crippen LogP contribution < -0.4 is 14.4 Å². The summed E-state index contributed by atoms with van der Waals surface area (Å²) in [5.74, 6) is -0.119. The quantitative estimate of drug-likeness (QED) is 0.163. The van der Waals surface area contributed by atoms with E-state index < -0.39 is 18.3 Å². The summed E-state index contributed by atoms with van der Waals surface area (Å²) < 4.78 is 26.5. The third kappa shape index (κ3) is 5.59. The number of para-hydroxylation sites is 2. The van der Waals surface area contributed by atoms with Crippen LogP contribution in [0.25, 0.3) is 0 Å². The highest BCUT2D eigenvalue weighted by atomic mass is 31.2. The minimum absolute atomic E-state index is 0.0407. The van der Waals surface area contributed by atoms with Crippen LogP contribution in [0.5, 0.6) is 11.5 Å². The minimum Gasteiger partial charge on any atom is -0.414 e. The zero-order valence-electron chi connectivity index (χ0n) is 17.5. The van der Waals surface area contributed by atoms with E-state index in [1.54, 1.807) is 60.7 Å². The number of rotatable bonds is 9. The molecule has 4 aromatic rings. The largest absolute Gasteiger partial charge is 0.457 e. The highest BCUT2D eigenvalue weighted by molar-refractivity contribution is 7.55. The van der Waals surface area contributed by atoms with Crippen molar-refractivity contribution in [2.45, 2.75) is 5.78 Å².